The number of rotatable bonds is 4. The summed E-state index contributed by atoms with van der Waals surface area (Å²) in [7, 11) is 0. The summed E-state index contributed by atoms with van der Waals surface area (Å²) < 4.78 is 5.21. The molecule has 0 aliphatic heterocycles. The van der Waals surface area contributed by atoms with E-state index in [2.05, 4.69) is 17.5 Å². The topological polar surface area (TPSA) is 55.4 Å². The second-order valence-corrected chi connectivity index (χ2v) is 5.83. The van der Waals surface area contributed by atoms with Gasteiger partial charge in [0.25, 0.3) is 0 Å². The van der Waals surface area contributed by atoms with Crippen LogP contribution in [0.15, 0.2) is 12.2 Å². The number of allylic oxidation sites excluding steroid dienone is 2. The predicted octanol–water partition coefficient (Wildman–Crippen LogP) is 2.72. The monoisotopic (exact) mass is 279 g/mol. The fourth-order valence-electron chi connectivity index (χ4n) is 3.17. The summed E-state index contributed by atoms with van der Waals surface area (Å²) in [6.45, 7) is 2.17. The zero-order valence-corrected chi connectivity index (χ0v) is 12.3. The SMILES string of the molecule is CCOC(=O)C1(NC(=O)C2CC=CCC2)CCCCC1. The third-order valence-corrected chi connectivity index (χ3v) is 4.38. The first-order valence-electron chi connectivity index (χ1n) is 7.82. The van der Waals surface area contributed by atoms with E-state index in [1.165, 1.54) is 0 Å². The average molecular weight is 279 g/mol. The molecule has 0 aromatic carbocycles. The molecule has 0 bridgehead atoms. The molecule has 4 nitrogen and oxygen atoms in total. The van der Waals surface area contributed by atoms with Gasteiger partial charge in [-0.2, -0.15) is 0 Å². The maximum Gasteiger partial charge on any atom is 0.331 e. The van der Waals surface area contributed by atoms with Crippen molar-refractivity contribution in [3.63, 3.8) is 0 Å². The fraction of sp³-hybridized carbons (Fsp3) is 0.750. The van der Waals surface area contributed by atoms with Gasteiger partial charge in [-0.05, 0) is 39.0 Å². The third kappa shape index (κ3) is 3.41. The van der Waals surface area contributed by atoms with Gasteiger partial charge >= 0.3 is 5.97 Å². The predicted molar refractivity (Wildman–Crippen MR) is 77.1 cm³/mol. The molecule has 2 rings (SSSR count). The van der Waals surface area contributed by atoms with Crippen molar-refractivity contribution >= 4 is 11.9 Å². The van der Waals surface area contributed by atoms with Crippen LogP contribution in [0.3, 0.4) is 0 Å². The number of hydrogen-bond donors (Lipinski definition) is 1. The highest BCUT2D eigenvalue weighted by Gasteiger charge is 2.43. The minimum Gasteiger partial charge on any atom is -0.464 e. The molecule has 2 aliphatic carbocycles. The van der Waals surface area contributed by atoms with Gasteiger partial charge in [0.15, 0.2) is 0 Å². The Morgan fingerprint density at radius 2 is 2.00 bits per heavy atom. The Labute approximate surface area is 120 Å². The molecule has 0 heterocycles. The van der Waals surface area contributed by atoms with Gasteiger partial charge in [-0.3, -0.25) is 4.79 Å². The number of nitrogens with one attached hydrogen (secondary N) is 1. The van der Waals surface area contributed by atoms with Gasteiger partial charge in [-0.1, -0.05) is 31.4 Å². The summed E-state index contributed by atoms with van der Waals surface area (Å²) in [5.74, 6) is -0.225. The lowest BCUT2D eigenvalue weighted by Gasteiger charge is -2.36. The van der Waals surface area contributed by atoms with Crippen LogP contribution in [-0.4, -0.2) is 24.0 Å². The molecule has 0 spiro atoms. The highest BCUT2D eigenvalue weighted by molar-refractivity contribution is 5.89. The Hall–Kier alpha value is -1.32. The number of amides is 1. The maximum atomic E-state index is 12.4. The van der Waals surface area contributed by atoms with E-state index in [1.54, 1.807) is 0 Å². The number of carbonyl (C=O) groups is 2. The molecular weight excluding hydrogens is 254 g/mol. The number of ether oxygens (including phenoxy) is 1. The van der Waals surface area contributed by atoms with Gasteiger partial charge in [0.1, 0.15) is 5.54 Å². The Morgan fingerprint density at radius 3 is 2.60 bits per heavy atom. The molecule has 1 N–H and O–H groups in total. The zero-order valence-electron chi connectivity index (χ0n) is 12.3. The van der Waals surface area contributed by atoms with Gasteiger partial charge in [-0.15, -0.1) is 0 Å². The molecule has 1 fully saturated rings. The minimum absolute atomic E-state index is 0.00762. The lowest BCUT2D eigenvalue weighted by Crippen LogP contribution is -2.57. The van der Waals surface area contributed by atoms with Crippen LogP contribution in [0.25, 0.3) is 0 Å². The summed E-state index contributed by atoms with van der Waals surface area (Å²) in [6, 6.07) is 0. The smallest absolute Gasteiger partial charge is 0.331 e. The fourth-order valence-corrected chi connectivity index (χ4v) is 3.17. The molecule has 1 amide bonds. The van der Waals surface area contributed by atoms with Crippen molar-refractivity contribution < 1.29 is 14.3 Å². The van der Waals surface area contributed by atoms with Crippen LogP contribution in [0.5, 0.6) is 0 Å². The number of carbonyl (C=O) groups excluding carboxylic acids is 2. The van der Waals surface area contributed by atoms with E-state index >= 15 is 0 Å². The lowest BCUT2D eigenvalue weighted by atomic mass is 9.80. The third-order valence-electron chi connectivity index (χ3n) is 4.38. The minimum atomic E-state index is -0.771. The molecule has 4 heteroatoms. The first-order chi connectivity index (χ1) is 9.68. The van der Waals surface area contributed by atoms with E-state index in [0.29, 0.717) is 19.4 Å². The molecule has 20 heavy (non-hydrogen) atoms. The van der Waals surface area contributed by atoms with Crippen molar-refractivity contribution in [1.82, 2.24) is 5.32 Å². The Kier molecular flexibility index (Phi) is 5.21. The van der Waals surface area contributed by atoms with Gasteiger partial charge in [-0.25, -0.2) is 4.79 Å². The van der Waals surface area contributed by atoms with Crippen LogP contribution < -0.4 is 5.32 Å². The lowest BCUT2D eigenvalue weighted by molar-refractivity contribution is -0.155. The number of esters is 1. The van der Waals surface area contributed by atoms with Crippen LogP contribution in [-0.2, 0) is 14.3 Å². The van der Waals surface area contributed by atoms with Crippen molar-refractivity contribution in [2.24, 2.45) is 5.92 Å². The largest absolute Gasteiger partial charge is 0.464 e. The summed E-state index contributed by atoms with van der Waals surface area (Å²) in [6.07, 6.45) is 11.3. The molecular formula is C16H25NO3. The Bertz CT molecular complexity index is 383. The first-order valence-corrected chi connectivity index (χ1v) is 7.82. The maximum absolute atomic E-state index is 12.4. The standard InChI is InChI=1S/C16H25NO3/c1-2-20-15(19)16(11-7-4-8-12-16)17-14(18)13-9-5-3-6-10-13/h3,5,13H,2,4,6-12H2,1H3,(H,17,18). The average Bonchev–Trinajstić information content (AvgIpc) is 2.49. The molecule has 112 valence electrons. The van der Waals surface area contributed by atoms with Gasteiger partial charge < -0.3 is 10.1 Å². The van der Waals surface area contributed by atoms with Gasteiger partial charge in [0.2, 0.25) is 5.91 Å². The molecule has 0 aromatic heterocycles. The molecule has 0 saturated heterocycles. The van der Waals surface area contributed by atoms with Crippen molar-refractivity contribution in [3.05, 3.63) is 12.2 Å². The summed E-state index contributed by atoms with van der Waals surface area (Å²) in [5, 5.41) is 3.04. The molecule has 0 radical (unpaired) electrons. The Balaban J connectivity index is 2.05. The molecule has 1 atom stereocenters. The van der Waals surface area contributed by atoms with E-state index in [-0.39, 0.29) is 17.8 Å². The van der Waals surface area contributed by atoms with Crippen molar-refractivity contribution in [1.29, 1.82) is 0 Å². The first kappa shape index (κ1) is 15.1. The van der Waals surface area contributed by atoms with E-state index in [4.69, 9.17) is 4.74 Å². The van der Waals surface area contributed by atoms with E-state index < -0.39 is 5.54 Å². The number of hydrogen-bond acceptors (Lipinski definition) is 3. The molecule has 0 aromatic rings. The van der Waals surface area contributed by atoms with E-state index in [9.17, 15) is 9.59 Å². The van der Waals surface area contributed by atoms with Crippen LogP contribution in [0, 0.1) is 5.92 Å². The molecule has 1 saturated carbocycles. The molecule has 1 unspecified atom stereocenters. The second-order valence-electron chi connectivity index (χ2n) is 5.83. The van der Waals surface area contributed by atoms with E-state index in [0.717, 1.165) is 38.5 Å². The molecule has 2 aliphatic rings. The highest BCUT2D eigenvalue weighted by Crippen LogP contribution is 2.30. The highest BCUT2D eigenvalue weighted by atomic mass is 16.5. The zero-order chi connectivity index (χ0) is 14.4. The van der Waals surface area contributed by atoms with Crippen LogP contribution in [0.4, 0.5) is 0 Å². The van der Waals surface area contributed by atoms with Gasteiger partial charge in [0, 0.05) is 5.92 Å². The van der Waals surface area contributed by atoms with Crippen molar-refractivity contribution in [2.45, 2.75) is 63.8 Å². The summed E-state index contributed by atoms with van der Waals surface area (Å²) in [4.78, 5) is 24.7. The van der Waals surface area contributed by atoms with Crippen molar-refractivity contribution in [2.75, 3.05) is 6.61 Å². The summed E-state index contributed by atoms with van der Waals surface area (Å²) in [5.41, 5.74) is -0.771. The second kappa shape index (κ2) is 6.91. The van der Waals surface area contributed by atoms with Crippen LogP contribution in [0.1, 0.15) is 58.3 Å². The normalized spacial score (nSPS) is 24.9. The Morgan fingerprint density at radius 1 is 1.25 bits per heavy atom. The van der Waals surface area contributed by atoms with Crippen LogP contribution >= 0.6 is 0 Å². The van der Waals surface area contributed by atoms with Crippen LogP contribution in [0.2, 0.25) is 0 Å². The quantitative estimate of drug-likeness (QED) is 0.636. The summed E-state index contributed by atoms with van der Waals surface area (Å²) >= 11 is 0. The van der Waals surface area contributed by atoms with E-state index in [1.807, 2.05) is 6.92 Å². The van der Waals surface area contributed by atoms with Crippen molar-refractivity contribution in [3.8, 4) is 0 Å². The van der Waals surface area contributed by atoms with Gasteiger partial charge in [0.05, 0.1) is 6.61 Å².